The molecule has 1 aliphatic rings. The molecule has 96 valence electrons. The van der Waals surface area contributed by atoms with Gasteiger partial charge >= 0.3 is 0 Å². The Kier molecular flexibility index (Phi) is 2.71. The predicted octanol–water partition coefficient (Wildman–Crippen LogP) is 2.60. The quantitative estimate of drug-likeness (QED) is 0.437. The summed E-state index contributed by atoms with van der Waals surface area (Å²) in [6.45, 7) is 0. The summed E-state index contributed by atoms with van der Waals surface area (Å²) in [7, 11) is 1.53. The monoisotopic (exact) mass is 276 g/mol. The second kappa shape index (κ2) is 4.39. The van der Waals surface area contributed by atoms with Crippen LogP contribution in [0.25, 0.3) is 0 Å². The molecule has 0 aliphatic carbocycles. The highest BCUT2D eigenvalue weighted by Crippen LogP contribution is 2.46. The Bertz CT molecular complexity index is 677. The van der Waals surface area contributed by atoms with E-state index in [-0.39, 0.29) is 5.69 Å². The summed E-state index contributed by atoms with van der Waals surface area (Å²) in [5.74, 6) is 0.446. The molecule has 2 heterocycles. The van der Waals surface area contributed by atoms with E-state index in [0.29, 0.717) is 16.6 Å². The van der Waals surface area contributed by atoms with Crippen LogP contribution in [0.5, 0.6) is 5.88 Å². The molecule has 1 aromatic heterocycles. The van der Waals surface area contributed by atoms with Gasteiger partial charge < -0.3 is 10.1 Å². The van der Waals surface area contributed by atoms with Crippen molar-refractivity contribution in [2.45, 2.75) is 9.92 Å². The first kappa shape index (κ1) is 11.7. The molecule has 0 saturated carbocycles. The van der Waals surface area contributed by atoms with Gasteiger partial charge in [-0.3, -0.25) is 10.1 Å². The van der Waals surface area contributed by atoms with Crippen molar-refractivity contribution >= 4 is 28.8 Å². The van der Waals surface area contributed by atoms with Crippen LogP contribution < -0.4 is 10.1 Å². The number of rotatable bonds is 2. The number of benzene rings is 1. The Morgan fingerprint density at radius 1 is 1.42 bits per heavy atom. The second-order valence-electron chi connectivity index (χ2n) is 3.73. The van der Waals surface area contributed by atoms with E-state index in [9.17, 15) is 10.1 Å². The number of hydrogen-bond acceptors (Lipinski definition) is 7. The summed E-state index contributed by atoms with van der Waals surface area (Å²) in [4.78, 5) is 19.2. The van der Waals surface area contributed by atoms with Crippen LogP contribution in [0, 0.1) is 10.1 Å². The Hall–Kier alpha value is -2.35. The second-order valence-corrected chi connectivity index (χ2v) is 4.76. The van der Waals surface area contributed by atoms with Gasteiger partial charge in [0.05, 0.1) is 17.7 Å². The van der Waals surface area contributed by atoms with E-state index >= 15 is 0 Å². The van der Waals surface area contributed by atoms with Crippen LogP contribution in [0.15, 0.2) is 34.4 Å². The first-order valence-electron chi connectivity index (χ1n) is 5.31. The smallest absolute Gasteiger partial charge is 0.270 e. The molecule has 3 rings (SSSR count). The van der Waals surface area contributed by atoms with Crippen molar-refractivity contribution in [2.24, 2.45) is 0 Å². The Morgan fingerprint density at radius 3 is 3.00 bits per heavy atom. The SMILES string of the molecule is COc1ncnc2c1Nc1ccc([N+](=O)[O-])cc1S2. The van der Waals surface area contributed by atoms with Crippen molar-refractivity contribution in [1.29, 1.82) is 0 Å². The minimum Gasteiger partial charge on any atom is -0.479 e. The lowest BCUT2D eigenvalue weighted by molar-refractivity contribution is -0.385. The van der Waals surface area contributed by atoms with Crippen LogP contribution in [0.4, 0.5) is 17.1 Å². The van der Waals surface area contributed by atoms with Gasteiger partial charge in [0.2, 0.25) is 5.88 Å². The Balaban J connectivity index is 2.06. The molecule has 0 fully saturated rings. The van der Waals surface area contributed by atoms with Gasteiger partial charge in [0.1, 0.15) is 17.0 Å². The molecule has 19 heavy (non-hydrogen) atoms. The molecule has 0 unspecified atom stereocenters. The van der Waals surface area contributed by atoms with Crippen LogP contribution in [-0.4, -0.2) is 22.0 Å². The fourth-order valence-electron chi connectivity index (χ4n) is 1.74. The summed E-state index contributed by atoms with van der Waals surface area (Å²) >= 11 is 1.35. The zero-order chi connectivity index (χ0) is 13.4. The molecule has 1 aromatic carbocycles. The summed E-state index contributed by atoms with van der Waals surface area (Å²) in [5, 5.41) is 14.6. The molecule has 0 atom stereocenters. The number of hydrogen-bond donors (Lipinski definition) is 1. The molecule has 0 bridgehead atoms. The molecule has 8 heteroatoms. The number of fused-ring (bicyclic) bond motifs is 2. The average molecular weight is 276 g/mol. The van der Waals surface area contributed by atoms with Crippen LogP contribution >= 0.6 is 11.8 Å². The van der Waals surface area contributed by atoms with Crippen molar-refractivity contribution < 1.29 is 9.66 Å². The number of nitro benzene ring substituents is 1. The number of methoxy groups -OCH3 is 1. The van der Waals surface area contributed by atoms with E-state index in [1.165, 1.54) is 37.3 Å². The van der Waals surface area contributed by atoms with Crippen molar-refractivity contribution in [1.82, 2.24) is 9.97 Å². The van der Waals surface area contributed by atoms with Gasteiger partial charge in [-0.05, 0) is 6.07 Å². The normalized spacial score (nSPS) is 12.1. The van der Waals surface area contributed by atoms with Crippen molar-refractivity contribution in [2.75, 3.05) is 12.4 Å². The lowest BCUT2D eigenvalue weighted by atomic mass is 10.2. The van der Waals surface area contributed by atoms with Gasteiger partial charge in [-0.2, -0.15) is 4.98 Å². The largest absolute Gasteiger partial charge is 0.479 e. The zero-order valence-corrected chi connectivity index (χ0v) is 10.6. The molecule has 0 spiro atoms. The van der Waals surface area contributed by atoms with E-state index < -0.39 is 4.92 Å². The van der Waals surface area contributed by atoms with E-state index in [1.807, 2.05) is 0 Å². The lowest BCUT2D eigenvalue weighted by Crippen LogP contribution is -2.05. The molecule has 0 radical (unpaired) electrons. The number of ether oxygens (including phenoxy) is 1. The number of nitro groups is 1. The van der Waals surface area contributed by atoms with Gasteiger partial charge in [0.25, 0.3) is 5.69 Å². The maximum Gasteiger partial charge on any atom is 0.270 e. The maximum atomic E-state index is 10.8. The summed E-state index contributed by atoms with van der Waals surface area (Å²) in [6.07, 6.45) is 1.40. The average Bonchev–Trinajstić information content (AvgIpc) is 2.43. The zero-order valence-electron chi connectivity index (χ0n) is 9.78. The van der Waals surface area contributed by atoms with E-state index in [0.717, 1.165) is 10.6 Å². The standard InChI is InChI=1S/C11H8N4O3S/c1-18-10-9-11(13-5-12-10)19-8-4-6(15(16)17)2-3-7(8)14-9/h2-5,14H,1H3. The number of anilines is 2. The third-order valence-corrected chi connectivity index (χ3v) is 3.67. The summed E-state index contributed by atoms with van der Waals surface area (Å²) in [5.41, 5.74) is 1.50. The highest BCUT2D eigenvalue weighted by Gasteiger charge is 2.23. The minimum atomic E-state index is -0.420. The van der Waals surface area contributed by atoms with Gasteiger partial charge in [0.15, 0.2) is 0 Å². The lowest BCUT2D eigenvalue weighted by Gasteiger charge is -2.20. The fourth-order valence-corrected chi connectivity index (χ4v) is 2.70. The van der Waals surface area contributed by atoms with Crippen molar-refractivity contribution in [3.05, 3.63) is 34.6 Å². The van der Waals surface area contributed by atoms with Gasteiger partial charge in [0, 0.05) is 17.0 Å². The van der Waals surface area contributed by atoms with Crippen LogP contribution in [0.3, 0.4) is 0 Å². The third kappa shape index (κ3) is 1.95. The minimum absolute atomic E-state index is 0.0533. The van der Waals surface area contributed by atoms with Crippen LogP contribution in [0.2, 0.25) is 0 Å². The van der Waals surface area contributed by atoms with E-state index in [4.69, 9.17) is 4.74 Å². The van der Waals surface area contributed by atoms with Crippen molar-refractivity contribution in [3.63, 3.8) is 0 Å². The summed E-state index contributed by atoms with van der Waals surface area (Å²) < 4.78 is 5.15. The third-order valence-electron chi connectivity index (χ3n) is 2.61. The number of nitrogens with one attached hydrogen (secondary N) is 1. The topological polar surface area (TPSA) is 90.2 Å². The van der Waals surface area contributed by atoms with Gasteiger partial charge in [-0.1, -0.05) is 11.8 Å². The first-order chi connectivity index (χ1) is 9.19. The van der Waals surface area contributed by atoms with Crippen LogP contribution in [0.1, 0.15) is 0 Å². The first-order valence-corrected chi connectivity index (χ1v) is 6.13. The highest BCUT2D eigenvalue weighted by atomic mass is 32.2. The molecule has 0 amide bonds. The highest BCUT2D eigenvalue weighted by molar-refractivity contribution is 7.99. The van der Waals surface area contributed by atoms with Gasteiger partial charge in [-0.25, -0.2) is 4.98 Å². The summed E-state index contributed by atoms with van der Waals surface area (Å²) in [6, 6.07) is 4.63. The molecule has 1 N–H and O–H groups in total. The number of nitrogens with zero attached hydrogens (tertiary/aromatic N) is 3. The molecule has 2 aromatic rings. The number of non-ortho nitro benzene ring substituents is 1. The molecular weight excluding hydrogens is 268 g/mol. The van der Waals surface area contributed by atoms with E-state index in [1.54, 1.807) is 6.07 Å². The van der Waals surface area contributed by atoms with Crippen molar-refractivity contribution in [3.8, 4) is 5.88 Å². The fraction of sp³-hybridized carbons (Fsp3) is 0.0909. The molecular formula is C11H8N4O3S. The maximum absolute atomic E-state index is 10.8. The molecule has 1 aliphatic heterocycles. The predicted molar refractivity (Wildman–Crippen MR) is 69.1 cm³/mol. The van der Waals surface area contributed by atoms with Gasteiger partial charge in [-0.15, -0.1) is 0 Å². The van der Waals surface area contributed by atoms with Crippen LogP contribution in [-0.2, 0) is 0 Å². The molecule has 0 saturated heterocycles. The number of aromatic nitrogens is 2. The Labute approximate surface area is 112 Å². The Morgan fingerprint density at radius 2 is 2.26 bits per heavy atom. The van der Waals surface area contributed by atoms with E-state index in [2.05, 4.69) is 15.3 Å². The molecule has 7 nitrogen and oxygen atoms in total.